The number of likely N-dealkylation sites (N-methyl/N-ethyl adjacent to an activating group) is 1. The Labute approximate surface area is 90.1 Å². The van der Waals surface area contributed by atoms with Crippen LogP contribution in [0.2, 0.25) is 0 Å². The molecule has 1 aromatic rings. The highest BCUT2D eigenvalue weighted by molar-refractivity contribution is 5.84. The molecule has 1 N–H and O–H groups in total. The minimum atomic E-state index is -0.0232. The Morgan fingerprint density at radius 1 is 1.40 bits per heavy atom. The Hall–Kier alpha value is -1.35. The van der Waals surface area contributed by atoms with E-state index in [4.69, 9.17) is 0 Å². The number of nitrogens with zero attached hydrogens (tertiary/aromatic N) is 1. The van der Waals surface area contributed by atoms with E-state index in [1.165, 1.54) is 11.1 Å². The SMILES string of the molecule is CN(C)C(=O)C1CNCc2ccccc21. The highest BCUT2D eigenvalue weighted by atomic mass is 16.2. The van der Waals surface area contributed by atoms with Crippen molar-refractivity contribution in [3.63, 3.8) is 0 Å². The molecule has 3 heteroatoms. The molecule has 1 amide bonds. The molecule has 1 aliphatic heterocycles. The van der Waals surface area contributed by atoms with Crippen LogP contribution in [-0.4, -0.2) is 31.4 Å². The lowest BCUT2D eigenvalue weighted by Gasteiger charge is -2.27. The topological polar surface area (TPSA) is 32.3 Å². The second kappa shape index (κ2) is 4.03. The quantitative estimate of drug-likeness (QED) is 0.739. The Morgan fingerprint density at radius 2 is 2.13 bits per heavy atom. The highest BCUT2D eigenvalue weighted by Crippen LogP contribution is 2.24. The molecule has 1 aromatic carbocycles. The predicted octanol–water partition coefficient (Wildman–Crippen LogP) is 0.962. The molecule has 3 nitrogen and oxygen atoms in total. The van der Waals surface area contributed by atoms with Crippen LogP contribution in [0.3, 0.4) is 0 Å². The maximum absolute atomic E-state index is 11.9. The van der Waals surface area contributed by atoms with Gasteiger partial charge in [0, 0.05) is 27.2 Å². The summed E-state index contributed by atoms with van der Waals surface area (Å²) < 4.78 is 0. The van der Waals surface area contributed by atoms with Gasteiger partial charge in [-0.25, -0.2) is 0 Å². The van der Waals surface area contributed by atoms with E-state index < -0.39 is 0 Å². The van der Waals surface area contributed by atoms with Crippen LogP contribution in [-0.2, 0) is 11.3 Å². The van der Waals surface area contributed by atoms with Crippen LogP contribution >= 0.6 is 0 Å². The summed E-state index contributed by atoms with van der Waals surface area (Å²) in [5.74, 6) is 0.152. The molecule has 1 atom stereocenters. The number of hydrogen-bond acceptors (Lipinski definition) is 2. The first kappa shape index (κ1) is 10.2. The minimum absolute atomic E-state index is 0.0232. The zero-order chi connectivity index (χ0) is 10.8. The van der Waals surface area contributed by atoms with Gasteiger partial charge in [0.15, 0.2) is 0 Å². The summed E-state index contributed by atoms with van der Waals surface area (Å²) in [5, 5.41) is 3.28. The van der Waals surface area contributed by atoms with Gasteiger partial charge in [0.2, 0.25) is 5.91 Å². The van der Waals surface area contributed by atoms with Crippen LogP contribution in [0.1, 0.15) is 17.0 Å². The van der Waals surface area contributed by atoms with Gasteiger partial charge in [-0.3, -0.25) is 4.79 Å². The van der Waals surface area contributed by atoms with E-state index in [0.717, 1.165) is 13.1 Å². The molecule has 15 heavy (non-hydrogen) atoms. The molecule has 0 aliphatic carbocycles. The lowest BCUT2D eigenvalue weighted by Crippen LogP contribution is -2.38. The zero-order valence-corrected chi connectivity index (χ0v) is 9.16. The van der Waals surface area contributed by atoms with Crippen LogP contribution in [0.25, 0.3) is 0 Å². The van der Waals surface area contributed by atoms with Crippen molar-refractivity contribution in [1.82, 2.24) is 10.2 Å². The van der Waals surface area contributed by atoms with E-state index in [0.29, 0.717) is 0 Å². The van der Waals surface area contributed by atoms with Crippen molar-refractivity contribution in [2.45, 2.75) is 12.5 Å². The average Bonchev–Trinajstić information content (AvgIpc) is 2.27. The van der Waals surface area contributed by atoms with Crippen LogP contribution < -0.4 is 5.32 Å². The molecule has 1 aliphatic rings. The molecule has 1 unspecified atom stereocenters. The van der Waals surface area contributed by atoms with Crippen molar-refractivity contribution in [2.75, 3.05) is 20.6 Å². The molecule has 0 fully saturated rings. The molecular formula is C12H16N2O. The number of hydrogen-bond donors (Lipinski definition) is 1. The van der Waals surface area contributed by atoms with Gasteiger partial charge in [0.1, 0.15) is 0 Å². The van der Waals surface area contributed by atoms with Gasteiger partial charge in [-0.05, 0) is 11.1 Å². The summed E-state index contributed by atoms with van der Waals surface area (Å²) in [5.41, 5.74) is 2.42. The Balaban J connectivity index is 2.34. The molecule has 2 rings (SSSR count). The lowest BCUT2D eigenvalue weighted by atomic mass is 9.90. The lowest BCUT2D eigenvalue weighted by molar-refractivity contribution is -0.130. The van der Waals surface area contributed by atoms with Crippen molar-refractivity contribution >= 4 is 5.91 Å². The maximum atomic E-state index is 11.9. The van der Waals surface area contributed by atoms with Crippen molar-refractivity contribution in [1.29, 1.82) is 0 Å². The van der Waals surface area contributed by atoms with Crippen LogP contribution in [0.4, 0.5) is 0 Å². The molecule has 1 heterocycles. The number of fused-ring (bicyclic) bond motifs is 1. The Morgan fingerprint density at radius 3 is 2.87 bits per heavy atom. The summed E-state index contributed by atoms with van der Waals surface area (Å²) in [7, 11) is 3.61. The summed E-state index contributed by atoms with van der Waals surface area (Å²) in [4.78, 5) is 13.6. The highest BCUT2D eigenvalue weighted by Gasteiger charge is 2.26. The van der Waals surface area contributed by atoms with Gasteiger partial charge >= 0.3 is 0 Å². The average molecular weight is 204 g/mol. The van der Waals surface area contributed by atoms with Gasteiger partial charge in [-0.1, -0.05) is 24.3 Å². The second-order valence-corrected chi connectivity index (χ2v) is 4.11. The number of amides is 1. The number of carbonyl (C=O) groups is 1. The predicted molar refractivity (Wildman–Crippen MR) is 59.6 cm³/mol. The van der Waals surface area contributed by atoms with E-state index in [9.17, 15) is 4.79 Å². The Kier molecular flexibility index (Phi) is 2.73. The Bertz CT molecular complexity index is 374. The third-order valence-electron chi connectivity index (χ3n) is 2.83. The number of benzene rings is 1. The normalized spacial score (nSPS) is 19.5. The molecule has 0 saturated heterocycles. The van der Waals surface area contributed by atoms with Crippen LogP contribution in [0.15, 0.2) is 24.3 Å². The van der Waals surface area contributed by atoms with E-state index >= 15 is 0 Å². The van der Waals surface area contributed by atoms with Crippen molar-refractivity contribution in [2.24, 2.45) is 0 Å². The van der Waals surface area contributed by atoms with Gasteiger partial charge in [0.25, 0.3) is 0 Å². The third kappa shape index (κ3) is 1.88. The first-order valence-corrected chi connectivity index (χ1v) is 5.20. The molecule has 0 saturated carbocycles. The first-order valence-electron chi connectivity index (χ1n) is 5.20. The van der Waals surface area contributed by atoms with Gasteiger partial charge in [-0.2, -0.15) is 0 Å². The van der Waals surface area contributed by atoms with Gasteiger partial charge in [-0.15, -0.1) is 0 Å². The smallest absolute Gasteiger partial charge is 0.230 e. The maximum Gasteiger partial charge on any atom is 0.230 e. The number of nitrogens with one attached hydrogen (secondary N) is 1. The van der Waals surface area contributed by atoms with Gasteiger partial charge in [0.05, 0.1) is 5.92 Å². The van der Waals surface area contributed by atoms with Crippen LogP contribution in [0.5, 0.6) is 0 Å². The van der Waals surface area contributed by atoms with Crippen molar-refractivity contribution in [3.05, 3.63) is 35.4 Å². The van der Waals surface area contributed by atoms with Crippen LogP contribution in [0, 0.1) is 0 Å². The fourth-order valence-electron chi connectivity index (χ4n) is 2.03. The molecule has 0 spiro atoms. The number of rotatable bonds is 1. The van der Waals surface area contributed by atoms with E-state index in [2.05, 4.69) is 17.4 Å². The van der Waals surface area contributed by atoms with E-state index in [1.807, 2.05) is 12.1 Å². The van der Waals surface area contributed by atoms with Crippen molar-refractivity contribution < 1.29 is 4.79 Å². The number of carbonyl (C=O) groups excluding carboxylic acids is 1. The molecule has 0 radical (unpaired) electrons. The summed E-state index contributed by atoms with van der Waals surface area (Å²) in [6.45, 7) is 1.61. The molecular weight excluding hydrogens is 188 g/mol. The summed E-state index contributed by atoms with van der Waals surface area (Å²) in [6, 6.07) is 8.16. The standard InChI is InChI=1S/C12H16N2O/c1-14(2)12(15)11-8-13-7-9-5-3-4-6-10(9)11/h3-6,11,13H,7-8H2,1-2H3. The monoisotopic (exact) mass is 204 g/mol. The van der Waals surface area contributed by atoms with E-state index in [1.54, 1.807) is 19.0 Å². The summed E-state index contributed by atoms with van der Waals surface area (Å²) in [6.07, 6.45) is 0. The third-order valence-corrected chi connectivity index (χ3v) is 2.83. The molecule has 0 bridgehead atoms. The first-order chi connectivity index (χ1) is 7.20. The van der Waals surface area contributed by atoms with Gasteiger partial charge < -0.3 is 10.2 Å². The molecule has 80 valence electrons. The largest absolute Gasteiger partial charge is 0.348 e. The second-order valence-electron chi connectivity index (χ2n) is 4.11. The molecule has 0 aromatic heterocycles. The fourth-order valence-corrected chi connectivity index (χ4v) is 2.03. The minimum Gasteiger partial charge on any atom is -0.348 e. The fraction of sp³-hybridized carbons (Fsp3) is 0.417. The van der Waals surface area contributed by atoms with E-state index in [-0.39, 0.29) is 11.8 Å². The zero-order valence-electron chi connectivity index (χ0n) is 9.16. The van der Waals surface area contributed by atoms with Crippen molar-refractivity contribution in [3.8, 4) is 0 Å². The summed E-state index contributed by atoms with van der Waals surface area (Å²) >= 11 is 0.